The fourth-order valence-electron chi connectivity index (χ4n) is 2.83. The van der Waals surface area contributed by atoms with Crippen LogP contribution in [0.1, 0.15) is 46.5 Å². The number of rotatable bonds is 6. The average Bonchev–Trinajstić information content (AvgIpc) is 2.34. The maximum atomic E-state index is 12.4. The normalized spacial score (nSPS) is 24.6. The molecule has 4 heteroatoms. The van der Waals surface area contributed by atoms with Crippen molar-refractivity contribution in [1.82, 2.24) is 9.80 Å². The molecule has 106 valence electrons. The lowest BCUT2D eigenvalue weighted by molar-refractivity contribution is -0.138. The molecule has 4 nitrogen and oxygen atoms in total. The molecule has 1 N–H and O–H groups in total. The lowest BCUT2D eigenvalue weighted by Crippen LogP contribution is -2.51. The van der Waals surface area contributed by atoms with E-state index < -0.39 is 0 Å². The summed E-state index contributed by atoms with van der Waals surface area (Å²) in [5, 5.41) is 8.86. The Hall–Kier alpha value is -0.610. The van der Waals surface area contributed by atoms with Gasteiger partial charge in [-0.3, -0.25) is 9.69 Å². The number of amides is 1. The van der Waals surface area contributed by atoms with Gasteiger partial charge in [-0.05, 0) is 46.1 Å². The van der Waals surface area contributed by atoms with Gasteiger partial charge >= 0.3 is 0 Å². The Kier molecular flexibility index (Phi) is 6.65. The van der Waals surface area contributed by atoms with Crippen LogP contribution < -0.4 is 0 Å². The summed E-state index contributed by atoms with van der Waals surface area (Å²) in [6.45, 7) is 8.72. The van der Waals surface area contributed by atoms with Gasteiger partial charge in [-0.2, -0.15) is 0 Å². The minimum Gasteiger partial charge on any atom is -0.396 e. The predicted molar refractivity (Wildman–Crippen MR) is 73.4 cm³/mol. The Bertz CT molecular complexity index is 248. The van der Waals surface area contributed by atoms with Gasteiger partial charge in [-0.1, -0.05) is 6.92 Å². The molecule has 0 aliphatic carbocycles. The number of aliphatic hydroxyl groups is 1. The van der Waals surface area contributed by atoms with Gasteiger partial charge in [-0.25, -0.2) is 0 Å². The highest BCUT2D eigenvalue weighted by Crippen LogP contribution is 2.22. The van der Waals surface area contributed by atoms with Crippen molar-refractivity contribution in [3.63, 3.8) is 0 Å². The van der Waals surface area contributed by atoms with E-state index in [9.17, 15) is 4.79 Å². The standard InChI is InChI=1S/C14H28N2O2/c1-4-15(9-6-10-17)11-14(18)16-12(2)7-5-8-13(16)3/h12-13,17H,4-11H2,1-3H3. The van der Waals surface area contributed by atoms with Crippen LogP contribution >= 0.6 is 0 Å². The number of carbonyl (C=O) groups is 1. The summed E-state index contributed by atoms with van der Waals surface area (Å²) >= 11 is 0. The zero-order chi connectivity index (χ0) is 13.5. The summed E-state index contributed by atoms with van der Waals surface area (Å²) in [4.78, 5) is 16.6. The third-order valence-corrected chi connectivity index (χ3v) is 3.92. The first kappa shape index (κ1) is 15.4. The van der Waals surface area contributed by atoms with E-state index in [1.807, 2.05) is 0 Å². The molecule has 0 spiro atoms. The maximum absolute atomic E-state index is 12.4. The molecule has 1 saturated heterocycles. The van der Waals surface area contributed by atoms with Crippen molar-refractivity contribution in [3.8, 4) is 0 Å². The van der Waals surface area contributed by atoms with E-state index in [0.717, 1.165) is 32.4 Å². The van der Waals surface area contributed by atoms with E-state index in [-0.39, 0.29) is 12.5 Å². The Morgan fingerprint density at radius 3 is 2.44 bits per heavy atom. The third-order valence-electron chi connectivity index (χ3n) is 3.92. The Morgan fingerprint density at radius 1 is 1.33 bits per heavy atom. The minimum atomic E-state index is 0.196. The molecule has 0 aromatic carbocycles. The van der Waals surface area contributed by atoms with Crippen LogP contribution in [-0.2, 0) is 4.79 Å². The van der Waals surface area contributed by atoms with Crippen LogP contribution in [-0.4, -0.2) is 59.1 Å². The van der Waals surface area contributed by atoms with Crippen molar-refractivity contribution in [2.24, 2.45) is 0 Å². The van der Waals surface area contributed by atoms with E-state index in [1.54, 1.807) is 0 Å². The summed E-state index contributed by atoms with van der Waals surface area (Å²) in [5.74, 6) is 0.245. The lowest BCUT2D eigenvalue weighted by atomic mass is 9.97. The van der Waals surface area contributed by atoms with Crippen LogP contribution in [0.3, 0.4) is 0 Å². The molecule has 1 heterocycles. The zero-order valence-corrected chi connectivity index (χ0v) is 12.1. The molecule has 1 aliphatic rings. The van der Waals surface area contributed by atoms with Gasteiger partial charge in [0, 0.05) is 25.2 Å². The molecule has 0 radical (unpaired) electrons. The van der Waals surface area contributed by atoms with Gasteiger partial charge in [0.25, 0.3) is 0 Å². The average molecular weight is 256 g/mol. The number of likely N-dealkylation sites (N-methyl/N-ethyl adjacent to an activating group) is 1. The van der Waals surface area contributed by atoms with E-state index in [1.165, 1.54) is 6.42 Å². The number of aliphatic hydroxyl groups excluding tert-OH is 1. The number of nitrogens with zero attached hydrogens (tertiary/aromatic N) is 2. The zero-order valence-electron chi connectivity index (χ0n) is 12.1. The summed E-state index contributed by atoms with van der Waals surface area (Å²) < 4.78 is 0. The molecule has 0 saturated carbocycles. The first-order valence-electron chi connectivity index (χ1n) is 7.24. The smallest absolute Gasteiger partial charge is 0.237 e. The number of piperidine rings is 1. The second kappa shape index (κ2) is 7.74. The summed E-state index contributed by atoms with van der Waals surface area (Å²) in [7, 11) is 0. The fourth-order valence-corrected chi connectivity index (χ4v) is 2.83. The van der Waals surface area contributed by atoms with E-state index in [0.29, 0.717) is 18.6 Å². The van der Waals surface area contributed by atoms with Crippen LogP contribution in [0, 0.1) is 0 Å². The van der Waals surface area contributed by atoms with Gasteiger partial charge in [0.05, 0.1) is 6.54 Å². The van der Waals surface area contributed by atoms with Crippen LogP contribution in [0.4, 0.5) is 0 Å². The topological polar surface area (TPSA) is 43.8 Å². The molecular formula is C14H28N2O2. The van der Waals surface area contributed by atoms with E-state index >= 15 is 0 Å². The Balaban J connectivity index is 2.51. The maximum Gasteiger partial charge on any atom is 0.237 e. The molecule has 1 rings (SSSR count). The van der Waals surface area contributed by atoms with Crippen molar-refractivity contribution in [3.05, 3.63) is 0 Å². The number of carbonyl (C=O) groups excluding carboxylic acids is 1. The quantitative estimate of drug-likeness (QED) is 0.783. The second-order valence-electron chi connectivity index (χ2n) is 5.38. The highest BCUT2D eigenvalue weighted by atomic mass is 16.3. The molecule has 1 aliphatic heterocycles. The van der Waals surface area contributed by atoms with Crippen molar-refractivity contribution in [1.29, 1.82) is 0 Å². The van der Waals surface area contributed by atoms with E-state index in [2.05, 4.69) is 30.6 Å². The van der Waals surface area contributed by atoms with E-state index in [4.69, 9.17) is 5.11 Å². The summed E-state index contributed by atoms with van der Waals surface area (Å²) in [6.07, 6.45) is 4.22. The number of likely N-dealkylation sites (tertiary alicyclic amines) is 1. The van der Waals surface area contributed by atoms with Gasteiger partial charge < -0.3 is 10.0 Å². The van der Waals surface area contributed by atoms with Crippen LogP contribution in [0.25, 0.3) is 0 Å². The molecular weight excluding hydrogens is 228 g/mol. The predicted octanol–water partition coefficient (Wildman–Crippen LogP) is 1.48. The summed E-state index contributed by atoms with van der Waals surface area (Å²) in [6, 6.07) is 0.746. The van der Waals surface area contributed by atoms with Crippen LogP contribution in [0.15, 0.2) is 0 Å². The molecule has 2 atom stereocenters. The van der Waals surface area contributed by atoms with Gasteiger partial charge in [0.2, 0.25) is 5.91 Å². The highest BCUT2D eigenvalue weighted by molar-refractivity contribution is 5.79. The molecule has 0 bridgehead atoms. The Labute approximate surface area is 111 Å². The fraction of sp³-hybridized carbons (Fsp3) is 0.929. The minimum absolute atomic E-state index is 0.196. The first-order valence-corrected chi connectivity index (χ1v) is 7.24. The van der Waals surface area contributed by atoms with Crippen LogP contribution in [0.2, 0.25) is 0 Å². The largest absolute Gasteiger partial charge is 0.396 e. The lowest BCUT2D eigenvalue weighted by Gasteiger charge is -2.40. The SMILES string of the molecule is CCN(CCCO)CC(=O)N1C(C)CCCC1C. The molecule has 1 fully saturated rings. The van der Waals surface area contributed by atoms with Crippen molar-refractivity contribution < 1.29 is 9.90 Å². The van der Waals surface area contributed by atoms with Gasteiger partial charge in [0.1, 0.15) is 0 Å². The van der Waals surface area contributed by atoms with Crippen molar-refractivity contribution in [2.45, 2.75) is 58.5 Å². The molecule has 0 aromatic heterocycles. The van der Waals surface area contributed by atoms with Crippen molar-refractivity contribution >= 4 is 5.91 Å². The number of hydrogen-bond donors (Lipinski definition) is 1. The molecule has 2 unspecified atom stereocenters. The summed E-state index contributed by atoms with van der Waals surface area (Å²) in [5.41, 5.74) is 0. The molecule has 1 amide bonds. The first-order chi connectivity index (χ1) is 8.60. The molecule has 0 aromatic rings. The Morgan fingerprint density at radius 2 is 1.94 bits per heavy atom. The second-order valence-corrected chi connectivity index (χ2v) is 5.38. The third kappa shape index (κ3) is 4.25. The van der Waals surface area contributed by atoms with Crippen molar-refractivity contribution in [2.75, 3.05) is 26.2 Å². The van der Waals surface area contributed by atoms with Gasteiger partial charge in [0.15, 0.2) is 0 Å². The van der Waals surface area contributed by atoms with Crippen LogP contribution in [0.5, 0.6) is 0 Å². The number of hydrogen-bond acceptors (Lipinski definition) is 3. The highest BCUT2D eigenvalue weighted by Gasteiger charge is 2.29. The molecule has 18 heavy (non-hydrogen) atoms. The monoisotopic (exact) mass is 256 g/mol. The van der Waals surface area contributed by atoms with Gasteiger partial charge in [-0.15, -0.1) is 0 Å².